The molecular weight excluding hydrogens is 560 g/mol. The van der Waals surface area contributed by atoms with E-state index < -0.39 is 41.8 Å². The zero-order valence-corrected chi connectivity index (χ0v) is 27.5. The number of hydrogen-bond donors (Lipinski definition) is 5. The van der Waals surface area contributed by atoms with Crippen molar-refractivity contribution in [2.75, 3.05) is 0 Å². The smallest absolute Gasteiger partial charge is 0.326 e. The molecule has 10 heteroatoms. The van der Waals surface area contributed by atoms with Gasteiger partial charge in [0.15, 0.2) is 0 Å². The van der Waals surface area contributed by atoms with Gasteiger partial charge in [0.2, 0.25) is 17.7 Å². The topological polar surface area (TPSA) is 154 Å². The second kappa shape index (κ2) is 17.0. The average molecular weight is 613 g/mol. The van der Waals surface area contributed by atoms with Crippen LogP contribution in [0.25, 0.3) is 5.57 Å². The van der Waals surface area contributed by atoms with E-state index in [0.29, 0.717) is 36.0 Å². The number of benzene rings is 1. The molecule has 1 aliphatic rings. The van der Waals surface area contributed by atoms with Gasteiger partial charge in [-0.15, -0.1) is 0 Å². The standard InChI is InChI=1S/C34H52N4O6/c1-9-15-22(8)30(34(43)44)38-33(42)29(21(7)12-4)37-32(41)28(20(6)11-3)35-26(39)18-25-23-16-13-14-17-24(23)31(40)36-27(25)19(5)10-2/h13-14,16-22,27-30H,9-12,15H2,1-8H3,(H,35,39)(H,36,40)(H,37,41)(H,38,42)(H,43,44)/b25-18+. The van der Waals surface area contributed by atoms with Crippen LogP contribution in [0.1, 0.15) is 103 Å². The Morgan fingerprint density at radius 1 is 0.795 bits per heavy atom. The van der Waals surface area contributed by atoms with Gasteiger partial charge in [0.05, 0.1) is 6.04 Å². The molecule has 0 saturated heterocycles. The fourth-order valence-corrected chi connectivity index (χ4v) is 5.54. The molecule has 5 N–H and O–H groups in total. The van der Waals surface area contributed by atoms with Crippen molar-refractivity contribution in [2.45, 2.75) is 112 Å². The van der Waals surface area contributed by atoms with Crippen molar-refractivity contribution >= 4 is 35.2 Å². The molecule has 0 spiro atoms. The number of nitrogens with one attached hydrogen (secondary N) is 4. The van der Waals surface area contributed by atoms with Crippen LogP contribution in [0.5, 0.6) is 0 Å². The maximum absolute atomic E-state index is 13.7. The summed E-state index contributed by atoms with van der Waals surface area (Å²) < 4.78 is 0. The molecule has 0 fully saturated rings. The lowest BCUT2D eigenvalue weighted by atomic mass is 9.82. The van der Waals surface area contributed by atoms with E-state index in [0.717, 1.165) is 12.8 Å². The number of amides is 4. The number of carboxylic acids is 1. The molecule has 8 unspecified atom stereocenters. The summed E-state index contributed by atoms with van der Waals surface area (Å²) in [7, 11) is 0. The first kappa shape index (κ1) is 36.5. The molecule has 1 aromatic rings. The molecule has 0 aliphatic carbocycles. The Balaban J connectivity index is 2.37. The second-order valence-corrected chi connectivity index (χ2v) is 12.3. The van der Waals surface area contributed by atoms with Crippen molar-refractivity contribution in [3.8, 4) is 0 Å². The third-order valence-electron chi connectivity index (χ3n) is 9.07. The van der Waals surface area contributed by atoms with E-state index in [2.05, 4.69) is 21.3 Å². The van der Waals surface area contributed by atoms with Gasteiger partial charge in [-0.25, -0.2) is 4.79 Å². The second-order valence-electron chi connectivity index (χ2n) is 12.3. The highest BCUT2D eigenvalue weighted by atomic mass is 16.4. The van der Waals surface area contributed by atoms with Crippen LogP contribution in [0.2, 0.25) is 0 Å². The molecule has 1 heterocycles. The molecule has 8 atom stereocenters. The van der Waals surface area contributed by atoms with Crippen molar-refractivity contribution in [2.24, 2.45) is 23.7 Å². The Labute approximate surface area is 262 Å². The van der Waals surface area contributed by atoms with Gasteiger partial charge in [0, 0.05) is 11.6 Å². The third-order valence-corrected chi connectivity index (χ3v) is 9.07. The predicted octanol–water partition coefficient (Wildman–Crippen LogP) is 4.30. The van der Waals surface area contributed by atoms with Crippen molar-refractivity contribution in [1.29, 1.82) is 0 Å². The lowest BCUT2D eigenvalue weighted by Crippen LogP contribution is -2.59. The monoisotopic (exact) mass is 612 g/mol. The van der Waals surface area contributed by atoms with Gasteiger partial charge in [0.1, 0.15) is 18.1 Å². The molecule has 44 heavy (non-hydrogen) atoms. The van der Waals surface area contributed by atoms with Gasteiger partial charge >= 0.3 is 5.97 Å². The number of carbonyl (C=O) groups excluding carboxylic acids is 4. The SMILES string of the molecule is CCCC(C)C(NC(=O)C(NC(=O)C(NC(=O)/C=C1\c2ccccc2C(=O)NC1C(C)CC)C(C)CC)C(C)CC)C(=O)O. The Morgan fingerprint density at radius 3 is 1.82 bits per heavy atom. The Hall–Kier alpha value is -3.69. The Morgan fingerprint density at radius 2 is 1.32 bits per heavy atom. The minimum absolute atomic E-state index is 0.0597. The number of aliphatic carboxylic acids is 1. The highest BCUT2D eigenvalue weighted by Gasteiger charge is 2.36. The predicted molar refractivity (Wildman–Crippen MR) is 172 cm³/mol. The van der Waals surface area contributed by atoms with Crippen LogP contribution in [0, 0.1) is 23.7 Å². The molecular formula is C34H52N4O6. The van der Waals surface area contributed by atoms with E-state index >= 15 is 0 Å². The molecule has 1 aromatic carbocycles. The first-order valence-electron chi connectivity index (χ1n) is 16.1. The van der Waals surface area contributed by atoms with Crippen LogP contribution in [-0.2, 0) is 19.2 Å². The maximum Gasteiger partial charge on any atom is 0.326 e. The highest BCUT2D eigenvalue weighted by molar-refractivity contribution is 6.07. The fourth-order valence-electron chi connectivity index (χ4n) is 5.54. The van der Waals surface area contributed by atoms with Crippen LogP contribution in [0.15, 0.2) is 30.3 Å². The first-order valence-corrected chi connectivity index (χ1v) is 16.1. The van der Waals surface area contributed by atoms with Gasteiger partial charge in [0.25, 0.3) is 5.91 Å². The van der Waals surface area contributed by atoms with Crippen LogP contribution < -0.4 is 21.3 Å². The minimum Gasteiger partial charge on any atom is -0.480 e. The molecule has 1 aliphatic heterocycles. The molecule has 0 aromatic heterocycles. The maximum atomic E-state index is 13.7. The normalized spacial score (nSPS) is 20.1. The third kappa shape index (κ3) is 9.16. The summed E-state index contributed by atoms with van der Waals surface area (Å²) in [5, 5.41) is 21.1. The van der Waals surface area contributed by atoms with Crippen molar-refractivity contribution in [3.05, 3.63) is 41.5 Å². The van der Waals surface area contributed by atoms with E-state index in [1.807, 2.05) is 60.6 Å². The molecule has 10 nitrogen and oxygen atoms in total. The van der Waals surface area contributed by atoms with Gasteiger partial charge in [-0.2, -0.15) is 0 Å². The van der Waals surface area contributed by atoms with Crippen LogP contribution in [0.4, 0.5) is 0 Å². The number of rotatable bonds is 16. The Bertz CT molecular complexity index is 1210. The molecule has 2 rings (SSSR count). The van der Waals surface area contributed by atoms with Gasteiger partial charge < -0.3 is 26.4 Å². The zero-order chi connectivity index (χ0) is 33.1. The molecule has 244 valence electrons. The van der Waals surface area contributed by atoms with E-state index in [1.165, 1.54) is 6.08 Å². The largest absolute Gasteiger partial charge is 0.480 e. The van der Waals surface area contributed by atoms with Crippen molar-refractivity contribution in [1.82, 2.24) is 21.3 Å². The molecule has 0 radical (unpaired) electrons. The number of carboxylic acid groups (broad SMARTS) is 1. The van der Waals surface area contributed by atoms with Gasteiger partial charge in [-0.3, -0.25) is 19.2 Å². The first-order chi connectivity index (χ1) is 20.8. The number of fused-ring (bicyclic) bond motifs is 1. The molecule has 0 bridgehead atoms. The van der Waals surface area contributed by atoms with Crippen LogP contribution in [0.3, 0.4) is 0 Å². The van der Waals surface area contributed by atoms with E-state index in [4.69, 9.17) is 0 Å². The summed E-state index contributed by atoms with van der Waals surface area (Å²) in [6.07, 6.45) is 4.79. The lowest BCUT2D eigenvalue weighted by molar-refractivity contribution is -0.144. The Kier molecular flexibility index (Phi) is 14.1. The summed E-state index contributed by atoms with van der Waals surface area (Å²) in [5.74, 6) is -3.66. The summed E-state index contributed by atoms with van der Waals surface area (Å²) in [4.78, 5) is 65.4. The average Bonchev–Trinajstić information content (AvgIpc) is 3.00. The summed E-state index contributed by atoms with van der Waals surface area (Å²) in [6, 6.07) is 3.74. The minimum atomic E-state index is -1.12. The number of hydrogen-bond acceptors (Lipinski definition) is 5. The van der Waals surface area contributed by atoms with Crippen molar-refractivity contribution < 1.29 is 29.1 Å². The summed E-state index contributed by atoms with van der Waals surface area (Å²) in [5.41, 5.74) is 1.84. The van der Waals surface area contributed by atoms with Crippen LogP contribution >= 0.6 is 0 Å². The molecule has 0 saturated carbocycles. The summed E-state index contributed by atoms with van der Waals surface area (Å²) >= 11 is 0. The van der Waals surface area contributed by atoms with E-state index in [1.54, 1.807) is 19.1 Å². The fraction of sp³-hybridized carbons (Fsp3) is 0.618. The molecule has 4 amide bonds. The van der Waals surface area contributed by atoms with E-state index in [-0.39, 0.29) is 35.6 Å². The summed E-state index contributed by atoms with van der Waals surface area (Å²) in [6.45, 7) is 15.2. The zero-order valence-electron chi connectivity index (χ0n) is 27.5. The van der Waals surface area contributed by atoms with Gasteiger partial charge in [-0.05, 0) is 47.3 Å². The van der Waals surface area contributed by atoms with Crippen molar-refractivity contribution in [3.63, 3.8) is 0 Å². The van der Waals surface area contributed by atoms with E-state index in [9.17, 15) is 29.1 Å². The highest BCUT2D eigenvalue weighted by Crippen LogP contribution is 2.31. The number of carbonyl (C=O) groups is 5. The van der Waals surface area contributed by atoms with Gasteiger partial charge in [-0.1, -0.05) is 99.3 Å². The quantitative estimate of drug-likeness (QED) is 0.176. The lowest BCUT2D eigenvalue weighted by Gasteiger charge is -2.33. The van der Waals surface area contributed by atoms with Crippen LogP contribution in [-0.4, -0.2) is 58.9 Å².